The van der Waals surface area contributed by atoms with Crippen molar-refractivity contribution in [3.8, 4) is 11.8 Å². The second-order valence-corrected chi connectivity index (χ2v) is 7.05. The van der Waals surface area contributed by atoms with Crippen LogP contribution in [0.25, 0.3) is 0 Å². The first kappa shape index (κ1) is 16.0. The zero-order valence-corrected chi connectivity index (χ0v) is 12.8. The molecule has 1 aromatic carbocycles. The molecule has 1 saturated heterocycles. The van der Waals surface area contributed by atoms with E-state index in [0.29, 0.717) is 6.54 Å². The molecule has 3 N–H and O–H groups in total. The summed E-state index contributed by atoms with van der Waals surface area (Å²) in [4.78, 5) is 0.230. The highest BCUT2D eigenvalue weighted by molar-refractivity contribution is 7.89. The third kappa shape index (κ3) is 3.27. The number of nitrogens with zero attached hydrogens (tertiary/aromatic N) is 1. The lowest BCUT2D eigenvalue weighted by Crippen LogP contribution is -2.39. The van der Waals surface area contributed by atoms with Crippen LogP contribution in [0.3, 0.4) is 0 Å². The van der Waals surface area contributed by atoms with Gasteiger partial charge >= 0.3 is 0 Å². The zero-order chi connectivity index (χ0) is 15.5. The predicted molar refractivity (Wildman–Crippen MR) is 80.9 cm³/mol. The van der Waals surface area contributed by atoms with Gasteiger partial charge in [0, 0.05) is 12.1 Å². The molecule has 2 rings (SSSR count). The van der Waals surface area contributed by atoms with Gasteiger partial charge in [-0.25, -0.2) is 8.42 Å². The summed E-state index contributed by atoms with van der Waals surface area (Å²) in [6, 6.07) is 6.10. The number of nitrogens with two attached hydrogens (primary N) is 1. The van der Waals surface area contributed by atoms with Crippen LogP contribution in [0.1, 0.15) is 18.9 Å². The first-order chi connectivity index (χ1) is 10.0. The highest BCUT2D eigenvalue weighted by Gasteiger charge is 2.38. The molecule has 0 aromatic heterocycles. The summed E-state index contributed by atoms with van der Waals surface area (Å²) in [6.07, 6.45) is 0.768. The van der Waals surface area contributed by atoms with Crippen molar-refractivity contribution < 1.29 is 13.5 Å². The molecular weight excluding hydrogens is 288 g/mol. The lowest BCUT2D eigenvalue weighted by Gasteiger charge is -2.24. The van der Waals surface area contributed by atoms with E-state index in [4.69, 9.17) is 5.73 Å². The summed E-state index contributed by atoms with van der Waals surface area (Å²) in [5.74, 6) is 5.75. The summed E-state index contributed by atoms with van der Waals surface area (Å²) in [5.41, 5.74) is 6.03. The molecule has 21 heavy (non-hydrogen) atoms. The van der Waals surface area contributed by atoms with Gasteiger partial charge in [-0.3, -0.25) is 0 Å². The van der Waals surface area contributed by atoms with Gasteiger partial charge in [0.15, 0.2) is 0 Å². The van der Waals surface area contributed by atoms with Gasteiger partial charge in [0.2, 0.25) is 10.0 Å². The van der Waals surface area contributed by atoms with E-state index in [1.807, 2.05) is 6.92 Å². The molecule has 0 aliphatic carbocycles. The average molecular weight is 308 g/mol. The third-order valence-corrected chi connectivity index (χ3v) is 5.75. The normalized spacial score (nSPS) is 22.8. The lowest BCUT2D eigenvalue weighted by atomic mass is 10.0. The quantitative estimate of drug-likeness (QED) is 0.791. The fourth-order valence-corrected chi connectivity index (χ4v) is 4.27. The fraction of sp³-hybridized carbons (Fsp3) is 0.467. The van der Waals surface area contributed by atoms with Gasteiger partial charge in [-0.05, 0) is 36.6 Å². The highest BCUT2D eigenvalue weighted by atomic mass is 32.2. The monoisotopic (exact) mass is 308 g/mol. The Kier molecular flexibility index (Phi) is 5.01. The first-order valence-corrected chi connectivity index (χ1v) is 8.36. The molecule has 6 heteroatoms. The molecule has 0 saturated carbocycles. The minimum absolute atomic E-state index is 0.152. The Morgan fingerprint density at radius 3 is 2.62 bits per heavy atom. The zero-order valence-electron chi connectivity index (χ0n) is 12.0. The Hall–Kier alpha value is -1.39. The standard InChI is InChI=1S/C15H20N2O3S/c1-12-8-10-17(15(12)11-18)21(19,20)14-6-4-13(5-7-14)3-2-9-16/h4-7,12,15,18H,8-11,16H2,1H3. The molecule has 0 bridgehead atoms. The van der Waals surface area contributed by atoms with Crippen molar-refractivity contribution in [2.75, 3.05) is 19.7 Å². The number of hydrogen-bond acceptors (Lipinski definition) is 4. The van der Waals surface area contributed by atoms with E-state index < -0.39 is 10.0 Å². The summed E-state index contributed by atoms with van der Waals surface area (Å²) in [5, 5.41) is 9.42. The van der Waals surface area contributed by atoms with Gasteiger partial charge in [0.1, 0.15) is 0 Å². The maximum atomic E-state index is 12.6. The number of aliphatic hydroxyl groups excluding tert-OH is 1. The molecule has 1 aliphatic rings. The van der Waals surface area contributed by atoms with Crippen molar-refractivity contribution in [2.45, 2.75) is 24.3 Å². The molecule has 1 aliphatic heterocycles. The Labute approximate surface area is 125 Å². The molecule has 0 amide bonds. The van der Waals surface area contributed by atoms with Crippen molar-refractivity contribution in [3.05, 3.63) is 29.8 Å². The van der Waals surface area contributed by atoms with Crippen LogP contribution in [0.4, 0.5) is 0 Å². The van der Waals surface area contributed by atoms with Crippen LogP contribution in [-0.4, -0.2) is 43.6 Å². The number of sulfonamides is 1. The number of rotatable bonds is 3. The Balaban J connectivity index is 2.27. The van der Waals surface area contributed by atoms with E-state index in [1.54, 1.807) is 24.3 Å². The van der Waals surface area contributed by atoms with Crippen molar-refractivity contribution in [1.29, 1.82) is 0 Å². The van der Waals surface area contributed by atoms with Crippen molar-refractivity contribution >= 4 is 10.0 Å². The van der Waals surface area contributed by atoms with Crippen molar-refractivity contribution in [1.82, 2.24) is 4.31 Å². The van der Waals surface area contributed by atoms with E-state index in [0.717, 1.165) is 12.0 Å². The second-order valence-electron chi connectivity index (χ2n) is 5.16. The van der Waals surface area contributed by atoms with Crippen molar-refractivity contribution in [2.24, 2.45) is 11.7 Å². The van der Waals surface area contributed by atoms with E-state index in [9.17, 15) is 13.5 Å². The van der Waals surface area contributed by atoms with Crippen molar-refractivity contribution in [3.63, 3.8) is 0 Å². The molecule has 2 atom stereocenters. The van der Waals surface area contributed by atoms with E-state index >= 15 is 0 Å². The Bertz CT molecular complexity index is 644. The molecule has 114 valence electrons. The molecule has 2 unspecified atom stereocenters. The predicted octanol–water partition coefficient (Wildman–Crippen LogP) is 0.388. The van der Waals surface area contributed by atoms with Crippen LogP contribution in [0.2, 0.25) is 0 Å². The summed E-state index contributed by atoms with van der Waals surface area (Å²) in [6.45, 7) is 2.52. The van der Waals surface area contributed by atoms with Crippen LogP contribution in [0, 0.1) is 17.8 Å². The maximum Gasteiger partial charge on any atom is 0.243 e. The van der Waals surface area contributed by atoms with Gasteiger partial charge in [0.25, 0.3) is 0 Å². The van der Waals surface area contributed by atoms with Gasteiger partial charge in [-0.2, -0.15) is 4.31 Å². The molecule has 0 spiro atoms. The van der Waals surface area contributed by atoms with E-state index in [2.05, 4.69) is 11.8 Å². The maximum absolute atomic E-state index is 12.6. The molecule has 0 radical (unpaired) electrons. The number of aliphatic hydroxyl groups is 1. The molecule has 1 heterocycles. The first-order valence-electron chi connectivity index (χ1n) is 6.92. The van der Waals surface area contributed by atoms with Gasteiger partial charge < -0.3 is 10.8 Å². The fourth-order valence-electron chi connectivity index (χ4n) is 2.54. The van der Waals surface area contributed by atoms with E-state index in [-0.39, 0.29) is 30.0 Å². The number of hydrogen-bond donors (Lipinski definition) is 2. The molecule has 1 aromatic rings. The van der Waals surface area contributed by atoms with Crippen LogP contribution in [0.5, 0.6) is 0 Å². The summed E-state index contributed by atoms with van der Waals surface area (Å²) < 4.78 is 26.7. The molecule has 1 fully saturated rings. The Morgan fingerprint density at radius 1 is 1.38 bits per heavy atom. The van der Waals surface area contributed by atoms with Gasteiger partial charge in [-0.1, -0.05) is 18.8 Å². The molecular formula is C15H20N2O3S. The largest absolute Gasteiger partial charge is 0.395 e. The number of benzene rings is 1. The average Bonchev–Trinajstić information content (AvgIpc) is 2.87. The third-order valence-electron chi connectivity index (χ3n) is 3.81. The minimum atomic E-state index is -3.57. The minimum Gasteiger partial charge on any atom is -0.395 e. The topological polar surface area (TPSA) is 83.6 Å². The van der Waals surface area contributed by atoms with E-state index in [1.165, 1.54) is 4.31 Å². The lowest BCUT2D eigenvalue weighted by molar-refractivity contribution is 0.191. The van der Waals surface area contributed by atoms with Gasteiger partial charge in [0.05, 0.1) is 24.1 Å². The van der Waals surface area contributed by atoms with Crippen LogP contribution in [-0.2, 0) is 10.0 Å². The molecule has 5 nitrogen and oxygen atoms in total. The highest BCUT2D eigenvalue weighted by Crippen LogP contribution is 2.29. The second kappa shape index (κ2) is 6.58. The SMILES string of the molecule is CC1CCN(S(=O)(=O)c2ccc(C#CCN)cc2)C1CO. The van der Waals surface area contributed by atoms with Crippen LogP contribution in [0.15, 0.2) is 29.2 Å². The van der Waals surface area contributed by atoms with Crippen LogP contribution < -0.4 is 5.73 Å². The smallest absolute Gasteiger partial charge is 0.243 e. The van der Waals surface area contributed by atoms with Gasteiger partial charge in [-0.15, -0.1) is 0 Å². The summed E-state index contributed by atoms with van der Waals surface area (Å²) in [7, 11) is -3.57. The Morgan fingerprint density at radius 2 is 2.05 bits per heavy atom. The summed E-state index contributed by atoms with van der Waals surface area (Å²) >= 11 is 0. The van der Waals surface area contributed by atoms with Crippen LogP contribution >= 0.6 is 0 Å².